The third-order valence-electron chi connectivity index (χ3n) is 9.65. The third-order valence-corrected chi connectivity index (χ3v) is 9.65. The maximum Gasteiger partial charge on any atom is 0.416 e. The normalized spacial score (nSPS) is 24.7. The van der Waals surface area contributed by atoms with Crippen molar-refractivity contribution in [2.45, 2.75) is 76.2 Å². The van der Waals surface area contributed by atoms with Crippen molar-refractivity contribution in [3.8, 4) is 0 Å². The molecule has 3 aromatic rings. The first-order valence-electron chi connectivity index (χ1n) is 15.6. The third kappa shape index (κ3) is 6.55. The van der Waals surface area contributed by atoms with Gasteiger partial charge in [-0.15, -0.1) is 0 Å². The fourth-order valence-corrected chi connectivity index (χ4v) is 7.40. The highest BCUT2D eigenvalue weighted by Gasteiger charge is 2.46. The van der Waals surface area contributed by atoms with Crippen molar-refractivity contribution in [3.63, 3.8) is 0 Å². The van der Waals surface area contributed by atoms with Crippen molar-refractivity contribution in [3.05, 3.63) is 106 Å². The Balaban J connectivity index is 0.00000196. The van der Waals surface area contributed by atoms with Crippen LogP contribution in [0.25, 0.3) is 6.08 Å². The molecule has 1 spiro atoms. The molecule has 45 heavy (non-hydrogen) atoms. The Morgan fingerprint density at radius 2 is 1.67 bits per heavy atom. The number of alkyl halides is 6. The Hall–Kier alpha value is -3.59. The van der Waals surface area contributed by atoms with Crippen LogP contribution in [-0.4, -0.2) is 29.9 Å². The number of carbonyl (C=O) groups excluding carboxylic acids is 1. The minimum Gasteiger partial charge on any atom is -0.322 e. The highest BCUT2D eigenvalue weighted by atomic mass is 19.4. The molecule has 2 fully saturated rings. The molecule has 3 aromatic carbocycles. The lowest BCUT2D eigenvalue weighted by atomic mass is 9.68. The molecule has 0 radical (unpaired) electrons. The first-order valence-corrected chi connectivity index (χ1v) is 15.6. The second-order valence-electron chi connectivity index (χ2n) is 12.1. The van der Waals surface area contributed by atoms with E-state index < -0.39 is 29.4 Å². The lowest BCUT2D eigenvalue weighted by molar-refractivity contribution is -0.138. The molecule has 1 saturated heterocycles. The van der Waals surface area contributed by atoms with Crippen molar-refractivity contribution in [2.24, 2.45) is 5.92 Å². The van der Waals surface area contributed by atoms with E-state index in [0.717, 1.165) is 44.1 Å². The van der Waals surface area contributed by atoms with Crippen LogP contribution >= 0.6 is 0 Å². The van der Waals surface area contributed by atoms with Gasteiger partial charge in [0.1, 0.15) is 0 Å². The molecule has 3 aliphatic rings. The molecule has 0 aromatic heterocycles. The summed E-state index contributed by atoms with van der Waals surface area (Å²) in [6.45, 7) is 8.02. The minimum atomic E-state index is -4.65. The van der Waals surface area contributed by atoms with Crippen LogP contribution in [0.4, 0.5) is 32.0 Å². The number of allylic oxidation sites excluding steroid dienone is 1. The number of nitrogens with one attached hydrogen (secondary N) is 1. The molecular weight excluding hydrogens is 590 g/mol. The topological polar surface area (TPSA) is 32.3 Å². The van der Waals surface area contributed by atoms with Gasteiger partial charge < -0.3 is 10.2 Å². The van der Waals surface area contributed by atoms with Gasteiger partial charge in [0.2, 0.25) is 0 Å². The van der Waals surface area contributed by atoms with E-state index in [0.29, 0.717) is 24.8 Å². The first kappa shape index (κ1) is 32.8. The SMILES string of the molecule is CC.CC1CN(C2CCC(c3ccc(NC(=O)c4cccc(C(F)(F)F)c4)cc3C(F)(F)F)C2)CCC12C=Cc1ccccc12. The van der Waals surface area contributed by atoms with E-state index in [1.54, 1.807) is 0 Å². The molecule has 0 bridgehead atoms. The quantitative estimate of drug-likeness (QED) is 0.292. The number of halogens is 6. The summed E-state index contributed by atoms with van der Waals surface area (Å²) < 4.78 is 82.0. The van der Waals surface area contributed by atoms with Gasteiger partial charge in [0.05, 0.1) is 11.1 Å². The summed E-state index contributed by atoms with van der Waals surface area (Å²) in [4.78, 5) is 15.1. The first-order chi connectivity index (χ1) is 21.3. The number of benzene rings is 3. The van der Waals surface area contributed by atoms with Gasteiger partial charge in [-0.25, -0.2) is 0 Å². The van der Waals surface area contributed by atoms with E-state index in [9.17, 15) is 31.1 Å². The number of amides is 1. The summed E-state index contributed by atoms with van der Waals surface area (Å²) in [5, 5.41) is 2.34. The van der Waals surface area contributed by atoms with E-state index in [2.05, 4.69) is 47.5 Å². The molecule has 1 aliphatic heterocycles. The van der Waals surface area contributed by atoms with Crippen molar-refractivity contribution < 1.29 is 31.1 Å². The van der Waals surface area contributed by atoms with Crippen molar-refractivity contribution >= 4 is 17.7 Å². The Morgan fingerprint density at radius 3 is 2.38 bits per heavy atom. The number of anilines is 1. The zero-order chi connectivity index (χ0) is 32.6. The van der Waals surface area contributed by atoms with Crippen LogP contribution in [0.1, 0.15) is 90.5 Å². The van der Waals surface area contributed by atoms with Crippen LogP contribution in [0.3, 0.4) is 0 Å². The minimum absolute atomic E-state index is 0.00286. The van der Waals surface area contributed by atoms with E-state index in [-0.39, 0.29) is 34.2 Å². The predicted octanol–water partition coefficient (Wildman–Crippen LogP) is 9.95. The van der Waals surface area contributed by atoms with Crippen molar-refractivity contribution in [2.75, 3.05) is 18.4 Å². The Bertz CT molecular complexity index is 1560. The van der Waals surface area contributed by atoms with Crippen molar-refractivity contribution in [1.82, 2.24) is 4.90 Å². The number of likely N-dealkylation sites (tertiary alicyclic amines) is 1. The fraction of sp³-hybridized carbons (Fsp3) is 0.417. The zero-order valence-corrected chi connectivity index (χ0v) is 25.6. The number of rotatable bonds is 4. The second-order valence-corrected chi connectivity index (χ2v) is 12.1. The van der Waals surface area contributed by atoms with Gasteiger partial charge in [-0.3, -0.25) is 4.79 Å². The van der Waals surface area contributed by atoms with Gasteiger partial charge in [0.15, 0.2) is 0 Å². The van der Waals surface area contributed by atoms with Crippen LogP contribution in [-0.2, 0) is 17.8 Å². The van der Waals surface area contributed by atoms with Gasteiger partial charge in [-0.2, -0.15) is 26.3 Å². The monoisotopic (exact) mass is 628 g/mol. The smallest absolute Gasteiger partial charge is 0.322 e. The summed E-state index contributed by atoms with van der Waals surface area (Å²) in [5.74, 6) is -0.830. The zero-order valence-electron chi connectivity index (χ0n) is 25.6. The maximum atomic E-state index is 14.3. The Morgan fingerprint density at radius 1 is 0.911 bits per heavy atom. The molecule has 4 atom stereocenters. The van der Waals surface area contributed by atoms with Gasteiger partial charge in [-0.05, 0) is 91.1 Å². The number of hydrogen-bond donors (Lipinski definition) is 1. The van der Waals surface area contributed by atoms with Crippen LogP contribution in [0, 0.1) is 5.92 Å². The molecule has 3 nitrogen and oxygen atoms in total. The molecule has 1 amide bonds. The number of fused-ring (bicyclic) bond motifs is 2. The van der Waals surface area contributed by atoms with E-state index >= 15 is 0 Å². The standard InChI is InChI=1S/C34H32F6N2O.C2H6/c1-21-20-42(16-15-32(21)14-13-22-5-2-3-8-29(22)32)27-11-9-23(18-27)28-12-10-26(19-30(28)34(38,39)40)41-31(43)24-6-4-7-25(17-24)33(35,36)37;1-2/h2-8,10,12-14,17,19,21,23,27H,9,11,15-16,18,20H2,1H3,(H,41,43);1-2H3. The molecule has 240 valence electrons. The fourth-order valence-electron chi connectivity index (χ4n) is 7.40. The molecule has 1 heterocycles. The summed E-state index contributed by atoms with van der Waals surface area (Å²) in [6.07, 6.45) is -1.74. The Kier molecular flexibility index (Phi) is 9.23. The lowest BCUT2D eigenvalue weighted by Gasteiger charge is -2.46. The van der Waals surface area contributed by atoms with Crippen molar-refractivity contribution in [1.29, 1.82) is 0 Å². The molecule has 1 N–H and O–H groups in total. The van der Waals surface area contributed by atoms with Crippen LogP contribution in [0.5, 0.6) is 0 Å². The molecule has 6 rings (SSSR count). The summed E-state index contributed by atoms with van der Waals surface area (Å²) in [5.41, 5.74) is 0.584. The Labute approximate surface area is 260 Å². The average molecular weight is 629 g/mol. The maximum absolute atomic E-state index is 14.3. The lowest BCUT2D eigenvalue weighted by Crippen LogP contribution is -2.50. The second kappa shape index (κ2) is 12.7. The summed E-state index contributed by atoms with van der Waals surface area (Å²) in [7, 11) is 0. The summed E-state index contributed by atoms with van der Waals surface area (Å²) >= 11 is 0. The van der Waals surface area contributed by atoms with Gasteiger partial charge >= 0.3 is 12.4 Å². The van der Waals surface area contributed by atoms with E-state index in [1.807, 2.05) is 19.9 Å². The number of piperidine rings is 1. The van der Waals surface area contributed by atoms with Crippen LogP contribution < -0.4 is 5.32 Å². The van der Waals surface area contributed by atoms with E-state index in [4.69, 9.17) is 0 Å². The summed E-state index contributed by atoms with van der Waals surface area (Å²) in [6, 6.07) is 16.1. The molecule has 9 heteroatoms. The van der Waals surface area contributed by atoms with E-state index in [1.165, 1.54) is 29.3 Å². The average Bonchev–Trinajstić information content (AvgIpc) is 3.65. The number of hydrogen-bond acceptors (Lipinski definition) is 2. The molecule has 1 saturated carbocycles. The highest BCUT2D eigenvalue weighted by Crippen LogP contribution is 2.49. The highest BCUT2D eigenvalue weighted by molar-refractivity contribution is 6.04. The number of carbonyl (C=O) groups is 1. The number of nitrogens with zero attached hydrogens (tertiary/aromatic N) is 1. The predicted molar refractivity (Wildman–Crippen MR) is 165 cm³/mol. The molecule has 2 aliphatic carbocycles. The molecular formula is C36H38F6N2O. The van der Waals surface area contributed by atoms with Gasteiger partial charge in [-0.1, -0.05) is 69.3 Å². The van der Waals surface area contributed by atoms with Gasteiger partial charge in [0, 0.05) is 29.3 Å². The van der Waals surface area contributed by atoms with Gasteiger partial charge in [0.25, 0.3) is 5.91 Å². The van der Waals surface area contributed by atoms with Crippen LogP contribution in [0.2, 0.25) is 0 Å². The molecule has 4 unspecified atom stereocenters. The largest absolute Gasteiger partial charge is 0.416 e. The van der Waals surface area contributed by atoms with Crippen LogP contribution in [0.15, 0.2) is 72.8 Å².